The number of hydrogen-bond donors (Lipinski definition) is 1. The largest absolute Gasteiger partial charge is 0.457 e. The number of amides is 1. The first kappa shape index (κ1) is 14.4. The highest BCUT2D eigenvalue weighted by Gasteiger charge is 2.17. The molecule has 20 heavy (non-hydrogen) atoms. The second-order valence-corrected chi connectivity index (χ2v) is 4.68. The third-order valence-corrected chi connectivity index (χ3v) is 3.16. The average molecular weight is 290 g/mol. The van der Waals surface area contributed by atoms with Gasteiger partial charge in [0.15, 0.2) is 0 Å². The van der Waals surface area contributed by atoms with Crippen molar-refractivity contribution in [3.8, 4) is 11.5 Å². The Morgan fingerprint density at radius 1 is 1.15 bits per heavy atom. The molecule has 0 heterocycles. The quantitative estimate of drug-likeness (QED) is 0.848. The molecule has 2 aromatic carbocycles. The van der Waals surface area contributed by atoms with Gasteiger partial charge in [-0.1, -0.05) is 30.3 Å². The van der Waals surface area contributed by atoms with E-state index in [-0.39, 0.29) is 5.91 Å². The Kier molecular flexibility index (Phi) is 5.02. The van der Waals surface area contributed by atoms with Crippen molar-refractivity contribution in [3.05, 3.63) is 60.2 Å². The Morgan fingerprint density at radius 3 is 2.55 bits per heavy atom. The number of ether oxygens (including phenoxy) is 1. The number of para-hydroxylation sites is 1. The van der Waals surface area contributed by atoms with E-state index in [9.17, 15) is 4.79 Å². The number of hydrogen-bond acceptors (Lipinski definition) is 2. The maximum atomic E-state index is 11.7. The molecule has 3 nitrogen and oxygen atoms in total. The molecule has 0 fully saturated rings. The Balaban J connectivity index is 2.13. The van der Waals surface area contributed by atoms with Crippen molar-refractivity contribution < 1.29 is 9.53 Å². The predicted octanol–water partition coefficient (Wildman–Crippen LogP) is 3.89. The van der Waals surface area contributed by atoms with Gasteiger partial charge in [-0.05, 0) is 36.8 Å². The van der Waals surface area contributed by atoms with E-state index in [1.165, 1.54) is 0 Å². The summed E-state index contributed by atoms with van der Waals surface area (Å²) in [4.78, 5) is 11.7. The molecule has 0 saturated carbocycles. The van der Waals surface area contributed by atoms with E-state index in [2.05, 4.69) is 5.32 Å². The Bertz CT molecular complexity index is 572. The predicted molar refractivity (Wildman–Crippen MR) is 80.2 cm³/mol. The fourth-order valence-corrected chi connectivity index (χ4v) is 1.99. The zero-order valence-electron chi connectivity index (χ0n) is 11.2. The molecule has 1 unspecified atom stereocenters. The molecule has 104 valence electrons. The van der Waals surface area contributed by atoms with Crippen LogP contribution in [0.25, 0.3) is 0 Å². The zero-order valence-corrected chi connectivity index (χ0v) is 11.9. The summed E-state index contributed by atoms with van der Waals surface area (Å²) in [6, 6.07) is 16.7. The van der Waals surface area contributed by atoms with E-state index >= 15 is 0 Å². The maximum Gasteiger partial charge on any atom is 0.242 e. The number of nitrogens with one attached hydrogen (secondary N) is 1. The lowest BCUT2D eigenvalue weighted by Crippen LogP contribution is -2.26. The van der Waals surface area contributed by atoms with Gasteiger partial charge < -0.3 is 10.1 Å². The highest BCUT2D eigenvalue weighted by atomic mass is 35.5. The number of benzene rings is 2. The summed E-state index contributed by atoms with van der Waals surface area (Å²) in [6.07, 6.45) is 0. The van der Waals surface area contributed by atoms with Crippen LogP contribution in [0.15, 0.2) is 54.6 Å². The molecule has 2 aromatic rings. The third kappa shape index (κ3) is 3.75. The van der Waals surface area contributed by atoms with E-state index in [0.29, 0.717) is 17.9 Å². The van der Waals surface area contributed by atoms with Crippen LogP contribution in [0.5, 0.6) is 11.5 Å². The summed E-state index contributed by atoms with van der Waals surface area (Å²) in [5.41, 5.74) is 0.714. The van der Waals surface area contributed by atoms with Gasteiger partial charge in [-0.3, -0.25) is 4.79 Å². The van der Waals surface area contributed by atoms with E-state index in [1.807, 2.05) is 55.5 Å². The van der Waals surface area contributed by atoms with Gasteiger partial charge in [0.1, 0.15) is 16.9 Å². The first-order valence-corrected chi connectivity index (χ1v) is 6.89. The van der Waals surface area contributed by atoms with Gasteiger partial charge in [0, 0.05) is 6.54 Å². The van der Waals surface area contributed by atoms with Crippen molar-refractivity contribution in [1.82, 2.24) is 5.32 Å². The topological polar surface area (TPSA) is 38.3 Å². The minimum atomic E-state index is -0.714. The van der Waals surface area contributed by atoms with Crippen LogP contribution < -0.4 is 10.1 Å². The highest BCUT2D eigenvalue weighted by molar-refractivity contribution is 6.30. The molecule has 0 aliphatic rings. The summed E-state index contributed by atoms with van der Waals surface area (Å²) in [6.45, 7) is 2.42. The van der Waals surface area contributed by atoms with Gasteiger partial charge in [-0.15, -0.1) is 11.6 Å². The molecule has 0 bridgehead atoms. The normalized spacial score (nSPS) is 11.7. The average Bonchev–Trinajstić information content (AvgIpc) is 2.48. The van der Waals surface area contributed by atoms with Gasteiger partial charge >= 0.3 is 0 Å². The van der Waals surface area contributed by atoms with Crippen molar-refractivity contribution in [1.29, 1.82) is 0 Å². The molecule has 2 rings (SSSR count). The van der Waals surface area contributed by atoms with Crippen LogP contribution in [0.2, 0.25) is 0 Å². The van der Waals surface area contributed by atoms with Crippen LogP contribution in [0, 0.1) is 0 Å². The summed E-state index contributed by atoms with van der Waals surface area (Å²) in [5, 5.41) is 1.99. The molecule has 0 spiro atoms. The van der Waals surface area contributed by atoms with Crippen molar-refractivity contribution in [3.63, 3.8) is 0 Å². The summed E-state index contributed by atoms with van der Waals surface area (Å²) in [5.74, 6) is 1.20. The molecule has 0 radical (unpaired) electrons. The minimum Gasteiger partial charge on any atom is -0.457 e. The first-order valence-electron chi connectivity index (χ1n) is 6.45. The summed E-state index contributed by atoms with van der Waals surface area (Å²) < 4.78 is 5.72. The Morgan fingerprint density at radius 2 is 1.85 bits per heavy atom. The fraction of sp³-hybridized carbons (Fsp3) is 0.188. The van der Waals surface area contributed by atoms with Gasteiger partial charge in [0.2, 0.25) is 5.91 Å². The smallest absolute Gasteiger partial charge is 0.242 e. The van der Waals surface area contributed by atoms with Crippen LogP contribution in [-0.2, 0) is 4.79 Å². The molecular formula is C16H16ClNO2. The number of rotatable bonds is 5. The third-order valence-electron chi connectivity index (χ3n) is 2.71. The van der Waals surface area contributed by atoms with Gasteiger partial charge in [0.05, 0.1) is 0 Å². The molecular weight excluding hydrogens is 274 g/mol. The second kappa shape index (κ2) is 6.96. The van der Waals surface area contributed by atoms with Gasteiger partial charge in [-0.2, -0.15) is 0 Å². The molecule has 0 aromatic heterocycles. The second-order valence-electron chi connectivity index (χ2n) is 4.24. The molecule has 0 aliphatic carbocycles. The van der Waals surface area contributed by atoms with E-state index in [4.69, 9.17) is 16.3 Å². The van der Waals surface area contributed by atoms with Crippen LogP contribution in [0.3, 0.4) is 0 Å². The van der Waals surface area contributed by atoms with E-state index < -0.39 is 5.38 Å². The molecule has 0 saturated heterocycles. The van der Waals surface area contributed by atoms with Crippen molar-refractivity contribution in [2.75, 3.05) is 6.54 Å². The van der Waals surface area contributed by atoms with E-state index in [1.54, 1.807) is 6.07 Å². The van der Waals surface area contributed by atoms with Crippen LogP contribution in [-0.4, -0.2) is 12.5 Å². The summed E-state index contributed by atoms with van der Waals surface area (Å²) >= 11 is 6.14. The number of likely N-dealkylation sites (N-methyl/N-ethyl adjacent to an activating group) is 1. The zero-order chi connectivity index (χ0) is 14.4. The van der Waals surface area contributed by atoms with Crippen LogP contribution in [0.4, 0.5) is 0 Å². The number of carbonyl (C=O) groups excluding carboxylic acids is 1. The number of carbonyl (C=O) groups is 1. The van der Waals surface area contributed by atoms with Gasteiger partial charge in [0.25, 0.3) is 0 Å². The van der Waals surface area contributed by atoms with Crippen molar-refractivity contribution >= 4 is 17.5 Å². The Hall–Kier alpha value is -2.00. The van der Waals surface area contributed by atoms with Crippen molar-refractivity contribution in [2.24, 2.45) is 0 Å². The molecule has 1 N–H and O–H groups in total. The molecule has 0 aliphatic heterocycles. The standard InChI is InChI=1S/C16H16ClNO2/c1-2-18-16(19)15(17)12-7-6-10-14(11-12)20-13-8-4-3-5-9-13/h3-11,15H,2H2,1H3,(H,18,19). The maximum absolute atomic E-state index is 11.7. The molecule has 1 atom stereocenters. The van der Waals surface area contributed by atoms with Crippen LogP contribution >= 0.6 is 11.6 Å². The fourth-order valence-electron chi connectivity index (χ4n) is 1.78. The lowest BCUT2D eigenvalue weighted by atomic mass is 10.1. The highest BCUT2D eigenvalue weighted by Crippen LogP contribution is 2.27. The molecule has 1 amide bonds. The first-order chi connectivity index (χ1) is 9.70. The minimum absolute atomic E-state index is 0.203. The number of halogens is 1. The number of alkyl halides is 1. The lowest BCUT2D eigenvalue weighted by molar-refractivity contribution is -0.120. The van der Waals surface area contributed by atoms with Gasteiger partial charge in [-0.25, -0.2) is 0 Å². The summed E-state index contributed by atoms with van der Waals surface area (Å²) in [7, 11) is 0. The lowest BCUT2D eigenvalue weighted by Gasteiger charge is -2.11. The monoisotopic (exact) mass is 289 g/mol. The van der Waals surface area contributed by atoms with E-state index in [0.717, 1.165) is 5.75 Å². The molecule has 4 heteroatoms. The van der Waals surface area contributed by atoms with Crippen LogP contribution in [0.1, 0.15) is 17.9 Å². The van der Waals surface area contributed by atoms with Crippen molar-refractivity contribution in [2.45, 2.75) is 12.3 Å². The Labute approximate surface area is 123 Å². The SMILES string of the molecule is CCNC(=O)C(Cl)c1cccc(Oc2ccccc2)c1.